The summed E-state index contributed by atoms with van der Waals surface area (Å²) in [5, 5.41) is 5.47. The number of carbonyl (C=O) groups excluding carboxylic acids is 2. The van der Waals surface area contributed by atoms with Crippen LogP contribution in [0.25, 0.3) is 21.7 Å². The number of aldehydes is 1. The molecular formula is C28H23N3O4S. The molecule has 0 bridgehead atoms. The van der Waals surface area contributed by atoms with Gasteiger partial charge in [0.05, 0.1) is 10.9 Å². The summed E-state index contributed by atoms with van der Waals surface area (Å²) in [7, 11) is -3.87. The van der Waals surface area contributed by atoms with Crippen LogP contribution in [-0.4, -0.2) is 31.6 Å². The zero-order valence-corrected chi connectivity index (χ0v) is 20.0. The molecule has 3 N–H and O–H groups in total. The van der Waals surface area contributed by atoms with Crippen molar-refractivity contribution in [3.05, 3.63) is 108 Å². The molecule has 8 heteroatoms. The highest BCUT2D eigenvalue weighted by molar-refractivity contribution is 7.92. The number of sulfonamides is 1. The van der Waals surface area contributed by atoms with Gasteiger partial charge in [0, 0.05) is 34.8 Å². The highest BCUT2D eigenvalue weighted by Crippen LogP contribution is 2.22. The number of H-pyrrole nitrogens is 1. The molecule has 0 fully saturated rings. The number of amides is 1. The van der Waals surface area contributed by atoms with Crippen molar-refractivity contribution in [2.24, 2.45) is 0 Å². The minimum Gasteiger partial charge on any atom is -0.361 e. The van der Waals surface area contributed by atoms with Crippen LogP contribution in [0.2, 0.25) is 0 Å². The fourth-order valence-electron chi connectivity index (χ4n) is 4.19. The second kappa shape index (κ2) is 9.67. The van der Waals surface area contributed by atoms with Gasteiger partial charge in [-0.25, -0.2) is 8.42 Å². The lowest BCUT2D eigenvalue weighted by atomic mass is 10.1. The monoisotopic (exact) mass is 497 g/mol. The van der Waals surface area contributed by atoms with Crippen molar-refractivity contribution in [1.29, 1.82) is 0 Å². The third-order valence-electron chi connectivity index (χ3n) is 6.00. The number of nitrogens with one attached hydrogen (secondary N) is 3. The van der Waals surface area contributed by atoms with Gasteiger partial charge in [-0.05, 0) is 52.7 Å². The SMILES string of the molecule is O=CC(Cc1c[nH]c2ccccc12)NC(=O)c1cccc(NS(=O)(=O)c2ccc3ccccc3c2)c1. The first-order valence-electron chi connectivity index (χ1n) is 11.4. The van der Waals surface area contributed by atoms with Gasteiger partial charge in [-0.1, -0.05) is 54.6 Å². The molecule has 5 rings (SSSR count). The van der Waals surface area contributed by atoms with Crippen molar-refractivity contribution in [2.45, 2.75) is 17.4 Å². The van der Waals surface area contributed by atoms with Crippen LogP contribution in [0.4, 0.5) is 5.69 Å². The first kappa shape index (κ1) is 23.3. The molecule has 5 aromatic rings. The Morgan fingerprint density at radius 3 is 2.50 bits per heavy atom. The van der Waals surface area contributed by atoms with Gasteiger partial charge in [0.15, 0.2) is 0 Å². The lowest BCUT2D eigenvalue weighted by Crippen LogP contribution is -2.37. The van der Waals surface area contributed by atoms with Crippen LogP contribution in [0, 0.1) is 0 Å². The van der Waals surface area contributed by atoms with Gasteiger partial charge in [0.2, 0.25) is 0 Å². The Hall–Kier alpha value is -4.43. The summed E-state index contributed by atoms with van der Waals surface area (Å²) < 4.78 is 28.5. The first-order valence-corrected chi connectivity index (χ1v) is 12.8. The molecule has 0 aliphatic rings. The quantitative estimate of drug-likeness (QED) is 0.271. The van der Waals surface area contributed by atoms with Gasteiger partial charge >= 0.3 is 0 Å². The smallest absolute Gasteiger partial charge is 0.261 e. The fourth-order valence-corrected chi connectivity index (χ4v) is 5.28. The molecule has 1 aromatic heterocycles. The molecular weight excluding hydrogens is 474 g/mol. The maximum atomic E-state index is 13.0. The molecule has 7 nitrogen and oxygen atoms in total. The van der Waals surface area contributed by atoms with Gasteiger partial charge < -0.3 is 15.1 Å². The molecule has 4 aromatic carbocycles. The molecule has 0 radical (unpaired) electrons. The zero-order valence-electron chi connectivity index (χ0n) is 19.1. The highest BCUT2D eigenvalue weighted by atomic mass is 32.2. The molecule has 36 heavy (non-hydrogen) atoms. The summed E-state index contributed by atoms with van der Waals surface area (Å²) in [6.07, 6.45) is 2.86. The normalized spacial score (nSPS) is 12.3. The van der Waals surface area contributed by atoms with E-state index >= 15 is 0 Å². The first-order chi connectivity index (χ1) is 17.4. The minimum atomic E-state index is -3.87. The summed E-state index contributed by atoms with van der Waals surface area (Å²) in [6.45, 7) is 0. The van der Waals surface area contributed by atoms with Crippen molar-refractivity contribution < 1.29 is 18.0 Å². The van der Waals surface area contributed by atoms with E-state index in [0.29, 0.717) is 12.7 Å². The number of hydrogen-bond donors (Lipinski definition) is 3. The predicted octanol–water partition coefficient (Wildman–Crippen LogP) is 4.66. The largest absolute Gasteiger partial charge is 0.361 e. The van der Waals surface area contributed by atoms with E-state index in [1.54, 1.807) is 36.4 Å². The van der Waals surface area contributed by atoms with Gasteiger partial charge in [0.1, 0.15) is 6.29 Å². The lowest BCUT2D eigenvalue weighted by molar-refractivity contribution is -0.109. The van der Waals surface area contributed by atoms with Crippen LogP contribution in [-0.2, 0) is 21.2 Å². The third kappa shape index (κ3) is 4.85. The van der Waals surface area contributed by atoms with E-state index in [1.807, 2.05) is 54.7 Å². The van der Waals surface area contributed by atoms with Crippen molar-refractivity contribution in [1.82, 2.24) is 10.3 Å². The number of benzene rings is 4. The molecule has 1 unspecified atom stereocenters. The Morgan fingerprint density at radius 2 is 1.67 bits per heavy atom. The van der Waals surface area contributed by atoms with Crippen LogP contribution in [0.1, 0.15) is 15.9 Å². The van der Waals surface area contributed by atoms with E-state index in [1.165, 1.54) is 6.07 Å². The van der Waals surface area contributed by atoms with Crippen LogP contribution in [0.5, 0.6) is 0 Å². The van der Waals surface area contributed by atoms with Gasteiger partial charge in [-0.3, -0.25) is 9.52 Å². The van der Waals surface area contributed by atoms with E-state index in [2.05, 4.69) is 15.0 Å². The van der Waals surface area contributed by atoms with Gasteiger partial charge in [0.25, 0.3) is 15.9 Å². The number of carbonyl (C=O) groups is 2. The molecule has 1 atom stereocenters. The topological polar surface area (TPSA) is 108 Å². The Balaban J connectivity index is 1.31. The Kier molecular flexibility index (Phi) is 6.26. The van der Waals surface area contributed by atoms with Crippen LogP contribution in [0.15, 0.2) is 102 Å². The van der Waals surface area contributed by atoms with Crippen molar-refractivity contribution >= 4 is 49.6 Å². The Bertz CT molecular complexity index is 1690. The standard InChI is InChI=1S/C28H23N3O4S/c32-18-24(15-22-17-29-27-11-4-3-10-26(22)27)30-28(33)21-8-5-9-23(14-21)31-36(34,35)25-13-12-19-6-1-2-7-20(19)16-25/h1-14,16-18,24,29,31H,15H2,(H,30,33). The number of hydrogen-bond acceptors (Lipinski definition) is 4. The average Bonchev–Trinajstić information content (AvgIpc) is 3.30. The number of anilines is 1. The number of fused-ring (bicyclic) bond motifs is 2. The maximum Gasteiger partial charge on any atom is 0.261 e. The third-order valence-corrected chi connectivity index (χ3v) is 7.38. The molecule has 180 valence electrons. The van der Waals surface area contributed by atoms with E-state index in [4.69, 9.17) is 0 Å². The summed E-state index contributed by atoms with van der Waals surface area (Å²) in [5.41, 5.74) is 2.35. The molecule has 1 heterocycles. The average molecular weight is 498 g/mol. The second-order valence-electron chi connectivity index (χ2n) is 8.47. The molecule has 0 aliphatic heterocycles. The predicted molar refractivity (Wildman–Crippen MR) is 141 cm³/mol. The molecule has 0 saturated heterocycles. The number of aromatic nitrogens is 1. The van der Waals surface area contributed by atoms with E-state index in [-0.39, 0.29) is 16.1 Å². The number of aromatic amines is 1. The minimum absolute atomic E-state index is 0.121. The molecule has 0 saturated carbocycles. The molecule has 0 aliphatic carbocycles. The molecule has 1 amide bonds. The van der Waals surface area contributed by atoms with Crippen molar-refractivity contribution in [3.63, 3.8) is 0 Å². The van der Waals surface area contributed by atoms with Gasteiger partial charge in [-0.15, -0.1) is 0 Å². The Morgan fingerprint density at radius 1 is 0.889 bits per heavy atom. The van der Waals surface area contributed by atoms with Crippen molar-refractivity contribution in [3.8, 4) is 0 Å². The summed E-state index contributed by atoms with van der Waals surface area (Å²) in [4.78, 5) is 27.9. The van der Waals surface area contributed by atoms with Gasteiger partial charge in [-0.2, -0.15) is 0 Å². The van der Waals surface area contributed by atoms with E-state index < -0.39 is 22.0 Å². The van der Waals surface area contributed by atoms with E-state index in [9.17, 15) is 18.0 Å². The summed E-state index contributed by atoms with van der Waals surface area (Å²) in [6, 6.07) is 25.5. The van der Waals surface area contributed by atoms with Crippen LogP contribution in [0.3, 0.4) is 0 Å². The zero-order chi connectivity index (χ0) is 25.1. The molecule has 0 spiro atoms. The number of para-hydroxylation sites is 1. The van der Waals surface area contributed by atoms with Crippen LogP contribution < -0.4 is 10.0 Å². The summed E-state index contributed by atoms with van der Waals surface area (Å²) in [5.74, 6) is -0.473. The van der Waals surface area contributed by atoms with Crippen LogP contribution >= 0.6 is 0 Å². The van der Waals surface area contributed by atoms with E-state index in [0.717, 1.165) is 27.2 Å². The number of rotatable bonds is 8. The fraction of sp³-hybridized carbons (Fsp3) is 0.0714. The Labute approximate surface area is 208 Å². The highest BCUT2D eigenvalue weighted by Gasteiger charge is 2.18. The maximum absolute atomic E-state index is 13.0. The second-order valence-corrected chi connectivity index (χ2v) is 10.2. The van der Waals surface area contributed by atoms with Crippen molar-refractivity contribution in [2.75, 3.05) is 4.72 Å². The summed E-state index contributed by atoms with van der Waals surface area (Å²) >= 11 is 0. The lowest BCUT2D eigenvalue weighted by Gasteiger charge is -2.14.